The molecule has 0 unspecified atom stereocenters. The summed E-state index contributed by atoms with van der Waals surface area (Å²) in [5.74, 6) is 0. The van der Waals surface area contributed by atoms with Crippen LogP contribution < -0.4 is 4.90 Å². The molecule has 2 aromatic rings. The average Bonchev–Trinajstić information content (AvgIpc) is 2.62. The van der Waals surface area contributed by atoms with E-state index >= 15 is 0 Å². The van der Waals surface area contributed by atoms with Gasteiger partial charge in [-0.25, -0.2) is 0 Å². The lowest BCUT2D eigenvalue weighted by Crippen LogP contribution is -2.20. The third kappa shape index (κ3) is 1.70. The summed E-state index contributed by atoms with van der Waals surface area (Å²) in [4.78, 5) is 16.4. The number of aromatic nitrogens is 1. The van der Waals surface area contributed by atoms with Crippen molar-refractivity contribution in [1.82, 2.24) is 4.98 Å². The molecule has 0 spiro atoms. The number of carbonyl (C=O) groups excluding carboxylic acids is 1. The second-order valence-electron chi connectivity index (χ2n) is 3.36. The van der Waals surface area contributed by atoms with Crippen molar-refractivity contribution in [2.45, 2.75) is 13.8 Å². The van der Waals surface area contributed by atoms with E-state index in [0.29, 0.717) is 18.1 Å². The zero-order valence-corrected chi connectivity index (χ0v) is 8.73. The third-order valence-corrected chi connectivity index (χ3v) is 2.25. The molecule has 0 N–H and O–H groups in total. The van der Waals surface area contributed by atoms with Crippen molar-refractivity contribution in [2.24, 2.45) is 0 Å². The van der Waals surface area contributed by atoms with Gasteiger partial charge in [0.2, 0.25) is 6.41 Å². The van der Waals surface area contributed by atoms with Gasteiger partial charge in [0, 0.05) is 6.54 Å². The van der Waals surface area contributed by atoms with Crippen LogP contribution in [0.2, 0.25) is 0 Å². The number of rotatable bonds is 3. The highest BCUT2D eigenvalue weighted by Gasteiger charge is 2.11. The van der Waals surface area contributed by atoms with Gasteiger partial charge in [0.1, 0.15) is 5.52 Å². The van der Waals surface area contributed by atoms with Crippen LogP contribution in [0.3, 0.4) is 0 Å². The predicted octanol–water partition coefficient (Wildman–Crippen LogP) is 2.12. The fourth-order valence-corrected chi connectivity index (χ4v) is 1.40. The maximum atomic E-state index is 10.7. The summed E-state index contributed by atoms with van der Waals surface area (Å²) >= 11 is 0. The molecule has 4 heteroatoms. The summed E-state index contributed by atoms with van der Waals surface area (Å²) < 4.78 is 5.48. The van der Waals surface area contributed by atoms with E-state index in [1.807, 2.05) is 32.0 Å². The van der Waals surface area contributed by atoms with Gasteiger partial charge in [-0.05, 0) is 31.5 Å². The van der Waals surface area contributed by atoms with Crippen molar-refractivity contribution < 1.29 is 9.21 Å². The van der Waals surface area contributed by atoms with Crippen LogP contribution in [-0.2, 0) is 4.79 Å². The minimum absolute atomic E-state index is 0.355. The maximum absolute atomic E-state index is 10.7. The lowest BCUT2D eigenvalue weighted by atomic mass is 10.2. The van der Waals surface area contributed by atoms with E-state index in [1.165, 1.54) is 4.90 Å². The van der Waals surface area contributed by atoms with Crippen LogP contribution in [0, 0.1) is 6.92 Å². The number of benzene rings is 1. The number of amides is 1. The van der Waals surface area contributed by atoms with Crippen LogP contribution >= 0.6 is 0 Å². The number of hydrogen-bond acceptors (Lipinski definition) is 3. The maximum Gasteiger partial charge on any atom is 0.305 e. The molecule has 0 radical (unpaired) electrons. The second kappa shape index (κ2) is 3.73. The van der Waals surface area contributed by atoms with Gasteiger partial charge in [-0.1, -0.05) is 6.07 Å². The number of nitrogens with zero attached hydrogens (tertiary/aromatic N) is 2. The third-order valence-electron chi connectivity index (χ3n) is 2.25. The number of oxazole rings is 1. The van der Waals surface area contributed by atoms with Crippen LogP contribution in [0.25, 0.3) is 11.1 Å². The SMILES string of the molecule is CCN(C=O)c1nc2ccc(C)cc2o1. The summed E-state index contributed by atoms with van der Waals surface area (Å²) in [6.07, 6.45) is 0.720. The van der Waals surface area contributed by atoms with Gasteiger partial charge in [-0.2, -0.15) is 4.98 Å². The lowest BCUT2D eigenvalue weighted by Gasteiger charge is -2.07. The Bertz CT molecular complexity index is 490. The van der Waals surface area contributed by atoms with E-state index in [4.69, 9.17) is 4.42 Å². The highest BCUT2D eigenvalue weighted by Crippen LogP contribution is 2.21. The molecule has 0 saturated carbocycles. The molecule has 1 amide bonds. The van der Waals surface area contributed by atoms with Gasteiger partial charge >= 0.3 is 6.01 Å². The van der Waals surface area contributed by atoms with Gasteiger partial charge < -0.3 is 4.42 Å². The highest BCUT2D eigenvalue weighted by molar-refractivity contribution is 5.79. The summed E-state index contributed by atoms with van der Waals surface area (Å²) in [7, 11) is 0. The van der Waals surface area contributed by atoms with Crippen molar-refractivity contribution in [3.63, 3.8) is 0 Å². The summed E-state index contributed by atoms with van der Waals surface area (Å²) in [6, 6.07) is 6.11. The summed E-state index contributed by atoms with van der Waals surface area (Å²) in [6.45, 7) is 4.41. The molecule has 0 fully saturated rings. The Morgan fingerprint density at radius 3 is 3.00 bits per heavy atom. The van der Waals surface area contributed by atoms with Crippen molar-refractivity contribution >= 4 is 23.5 Å². The van der Waals surface area contributed by atoms with Crippen LogP contribution in [0.5, 0.6) is 0 Å². The minimum atomic E-state index is 0.355. The molecular formula is C11H12N2O2. The van der Waals surface area contributed by atoms with Gasteiger partial charge in [-0.15, -0.1) is 0 Å². The molecule has 0 aliphatic heterocycles. The number of anilines is 1. The number of carbonyl (C=O) groups is 1. The lowest BCUT2D eigenvalue weighted by molar-refractivity contribution is -0.107. The predicted molar refractivity (Wildman–Crippen MR) is 57.8 cm³/mol. The molecule has 0 aliphatic rings. The summed E-state index contributed by atoms with van der Waals surface area (Å²) in [5.41, 5.74) is 2.60. The zero-order valence-electron chi connectivity index (χ0n) is 8.73. The van der Waals surface area contributed by atoms with Crippen LogP contribution in [-0.4, -0.2) is 17.9 Å². The summed E-state index contributed by atoms with van der Waals surface area (Å²) in [5, 5.41) is 0. The highest BCUT2D eigenvalue weighted by atomic mass is 16.4. The van der Waals surface area contributed by atoms with Gasteiger partial charge in [0.05, 0.1) is 0 Å². The first-order chi connectivity index (χ1) is 7.24. The first-order valence-electron chi connectivity index (χ1n) is 4.83. The topological polar surface area (TPSA) is 46.3 Å². The Hall–Kier alpha value is -1.84. The van der Waals surface area contributed by atoms with Crippen molar-refractivity contribution in [3.05, 3.63) is 23.8 Å². The van der Waals surface area contributed by atoms with Crippen LogP contribution in [0.15, 0.2) is 22.6 Å². The zero-order chi connectivity index (χ0) is 10.8. The van der Waals surface area contributed by atoms with Gasteiger partial charge in [0.25, 0.3) is 0 Å². The molecule has 78 valence electrons. The standard InChI is InChI=1S/C11H12N2O2/c1-3-13(7-14)11-12-9-5-4-8(2)6-10(9)15-11/h4-7H,3H2,1-2H3. The molecule has 1 aromatic carbocycles. The molecule has 0 saturated heterocycles. The van der Waals surface area contributed by atoms with E-state index in [9.17, 15) is 4.79 Å². The molecule has 2 rings (SSSR count). The fraction of sp³-hybridized carbons (Fsp3) is 0.273. The largest absolute Gasteiger partial charge is 0.423 e. The Kier molecular flexibility index (Phi) is 2.41. The molecular weight excluding hydrogens is 192 g/mol. The van der Waals surface area contributed by atoms with Crippen LogP contribution in [0.1, 0.15) is 12.5 Å². The Balaban J connectivity index is 2.50. The Morgan fingerprint density at radius 2 is 2.33 bits per heavy atom. The first kappa shape index (κ1) is 9.71. The van der Waals surface area contributed by atoms with Crippen molar-refractivity contribution in [3.8, 4) is 0 Å². The fourth-order valence-electron chi connectivity index (χ4n) is 1.40. The normalized spacial score (nSPS) is 10.5. The van der Waals surface area contributed by atoms with E-state index in [2.05, 4.69) is 4.98 Å². The van der Waals surface area contributed by atoms with E-state index < -0.39 is 0 Å². The van der Waals surface area contributed by atoms with Crippen molar-refractivity contribution in [1.29, 1.82) is 0 Å². The Morgan fingerprint density at radius 1 is 1.53 bits per heavy atom. The number of hydrogen-bond donors (Lipinski definition) is 0. The number of aryl methyl sites for hydroxylation is 1. The Labute approximate surface area is 87.5 Å². The van der Waals surface area contributed by atoms with E-state index in [1.54, 1.807) is 0 Å². The molecule has 0 aliphatic carbocycles. The van der Waals surface area contributed by atoms with E-state index in [0.717, 1.165) is 17.5 Å². The quantitative estimate of drug-likeness (QED) is 0.719. The minimum Gasteiger partial charge on any atom is -0.423 e. The molecule has 0 bridgehead atoms. The second-order valence-corrected chi connectivity index (χ2v) is 3.36. The van der Waals surface area contributed by atoms with Gasteiger partial charge in [-0.3, -0.25) is 9.69 Å². The molecule has 4 nitrogen and oxygen atoms in total. The van der Waals surface area contributed by atoms with Crippen LogP contribution in [0.4, 0.5) is 6.01 Å². The monoisotopic (exact) mass is 204 g/mol. The molecule has 0 atom stereocenters. The van der Waals surface area contributed by atoms with Gasteiger partial charge in [0.15, 0.2) is 5.58 Å². The average molecular weight is 204 g/mol. The number of fused-ring (bicyclic) bond motifs is 1. The van der Waals surface area contributed by atoms with Crippen molar-refractivity contribution in [2.75, 3.05) is 11.4 Å². The van der Waals surface area contributed by atoms with E-state index in [-0.39, 0.29) is 0 Å². The molecule has 1 aromatic heterocycles. The first-order valence-corrected chi connectivity index (χ1v) is 4.83. The molecule has 1 heterocycles. The smallest absolute Gasteiger partial charge is 0.305 e. The molecule has 15 heavy (non-hydrogen) atoms.